The zero-order valence-corrected chi connectivity index (χ0v) is 13.2. The number of methoxy groups -OCH3 is 1. The van der Waals surface area contributed by atoms with Gasteiger partial charge in [0.2, 0.25) is 0 Å². The van der Waals surface area contributed by atoms with E-state index >= 15 is 0 Å². The molecule has 1 aliphatic carbocycles. The van der Waals surface area contributed by atoms with Crippen molar-refractivity contribution < 1.29 is 14.3 Å². The number of nitrogens with zero attached hydrogens (tertiary/aromatic N) is 1. The summed E-state index contributed by atoms with van der Waals surface area (Å²) >= 11 is 0. The molecule has 1 rings (SSSR count). The molecule has 0 radical (unpaired) electrons. The van der Waals surface area contributed by atoms with E-state index in [2.05, 4.69) is 24.2 Å². The van der Waals surface area contributed by atoms with Crippen molar-refractivity contribution in [3.63, 3.8) is 0 Å². The van der Waals surface area contributed by atoms with Crippen molar-refractivity contribution in [2.75, 3.05) is 47.0 Å². The van der Waals surface area contributed by atoms with E-state index in [-0.39, 0.29) is 12.0 Å². The predicted octanol–water partition coefficient (Wildman–Crippen LogP) is 1.28. The van der Waals surface area contributed by atoms with E-state index in [0.29, 0.717) is 0 Å². The average molecular weight is 286 g/mol. The average Bonchev–Trinajstić information content (AvgIpc) is 3.27. The Morgan fingerprint density at radius 1 is 1.40 bits per heavy atom. The molecule has 1 atom stereocenters. The largest absolute Gasteiger partial charge is 0.468 e. The molecule has 0 heterocycles. The second-order valence-electron chi connectivity index (χ2n) is 5.64. The van der Waals surface area contributed by atoms with Crippen molar-refractivity contribution in [1.29, 1.82) is 0 Å². The minimum absolute atomic E-state index is 0.170. The molecule has 0 aromatic rings. The van der Waals surface area contributed by atoms with Crippen LogP contribution < -0.4 is 5.32 Å². The monoisotopic (exact) mass is 286 g/mol. The second-order valence-corrected chi connectivity index (χ2v) is 5.64. The fourth-order valence-corrected chi connectivity index (χ4v) is 1.98. The lowest BCUT2D eigenvalue weighted by molar-refractivity contribution is -0.143. The van der Waals surface area contributed by atoms with Gasteiger partial charge in [-0.05, 0) is 51.7 Å². The third-order valence-corrected chi connectivity index (χ3v) is 3.59. The van der Waals surface area contributed by atoms with E-state index in [4.69, 9.17) is 9.47 Å². The van der Waals surface area contributed by atoms with Gasteiger partial charge in [-0.1, -0.05) is 6.92 Å². The molecule has 0 aliphatic heterocycles. The minimum atomic E-state index is -0.199. The summed E-state index contributed by atoms with van der Waals surface area (Å²) in [4.78, 5) is 13.8. The number of esters is 1. The second kappa shape index (κ2) is 10.1. The van der Waals surface area contributed by atoms with Crippen LogP contribution in [0.5, 0.6) is 0 Å². The molecule has 1 saturated carbocycles. The molecule has 5 heteroatoms. The van der Waals surface area contributed by atoms with Gasteiger partial charge in [0.1, 0.15) is 6.04 Å². The molecule has 118 valence electrons. The lowest BCUT2D eigenvalue weighted by Crippen LogP contribution is -2.40. The molecule has 5 nitrogen and oxygen atoms in total. The van der Waals surface area contributed by atoms with Crippen LogP contribution in [0.25, 0.3) is 0 Å². The molecule has 0 aromatic heterocycles. The summed E-state index contributed by atoms with van der Waals surface area (Å²) in [5.41, 5.74) is 0. The molecule has 20 heavy (non-hydrogen) atoms. The first-order valence-corrected chi connectivity index (χ1v) is 7.74. The maximum absolute atomic E-state index is 11.6. The number of hydrogen-bond donors (Lipinski definition) is 1. The Hall–Kier alpha value is -0.650. The van der Waals surface area contributed by atoms with E-state index in [9.17, 15) is 4.79 Å². The van der Waals surface area contributed by atoms with Gasteiger partial charge >= 0.3 is 5.97 Å². The van der Waals surface area contributed by atoms with Gasteiger partial charge in [-0.25, -0.2) is 0 Å². The van der Waals surface area contributed by atoms with Gasteiger partial charge in [0.15, 0.2) is 0 Å². The quantitative estimate of drug-likeness (QED) is 0.432. The number of hydrogen-bond acceptors (Lipinski definition) is 5. The first kappa shape index (κ1) is 17.4. The number of nitrogens with one attached hydrogen (secondary N) is 1. The van der Waals surface area contributed by atoms with E-state index in [1.807, 2.05) is 0 Å². The molecule has 1 aliphatic rings. The van der Waals surface area contributed by atoms with Crippen molar-refractivity contribution in [3.05, 3.63) is 0 Å². The Morgan fingerprint density at radius 3 is 2.75 bits per heavy atom. The van der Waals surface area contributed by atoms with Gasteiger partial charge in [0, 0.05) is 13.2 Å². The van der Waals surface area contributed by atoms with Crippen LogP contribution >= 0.6 is 0 Å². The molecule has 0 bridgehead atoms. The minimum Gasteiger partial charge on any atom is -0.468 e. The number of rotatable bonds is 12. The van der Waals surface area contributed by atoms with Crippen molar-refractivity contribution in [1.82, 2.24) is 10.2 Å². The normalized spacial score (nSPS) is 16.4. The summed E-state index contributed by atoms with van der Waals surface area (Å²) in [7, 11) is 3.51. The Labute approximate surface area is 123 Å². The summed E-state index contributed by atoms with van der Waals surface area (Å²) < 4.78 is 10.4. The maximum Gasteiger partial charge on any atom is 0.322 e. The van der Waals surface area contributed by atoms with Gasteiger partial charge < -0.3 is 19.7 Å². The van der Waals surface area contributed by atoms with Crippen LogP contribution in [0.2, 0.25) is 0 Å². The highest BCUT2D eigenvalue weighted by Gasteiger charge is 2.21. The van der Waals surface area contributed by atoms with E-state index in [1.54, 1.807) is 0 Å². The number of carbonyl (C=O) groups excluding carboxylic acids is 1. The standard InChI is InChI=1S/C15H30N2O3/c1-4-8-16-14(15(18)19-3)7-9-17(2)10-11-20-12-13-5-6-13/h13-14,16H,4-12H2,1-3H3. The fourth-order valence-electron chi connectivity index (χ4n) is 1.98. The smallest absolute Gasteiger partial charge is 0.322 e. The Balaban J connectivity index is 2.10. The van der Waals surface area contributed by atoms with Crippen LogP contribution in [0.3, 0.4) is 0 Å². The topological polar surface area (TPSA) is 50.8 Å². The summed E-state index contributed by atoms with van der Waals surface area (Å²) in [5.74, 6) is 0.652. The van der Waals surface area contributed by atoms with Crippen LogP contribution in [0.15, 0.2) is 0 Å². The maximum atomic E-state index is 11.6. The third kappa shape index (κ3) is 7.82. The lowest BCUT2D eigenvalue weighted by Gasteiger charge is -2.21. The Kier molecular flexibility index (Phi) is 8.82. The highest BCUT2D eigenvalue weighted by Crippen LogP contribution is 2.28. The van der Waals surface area contributed by atoms with Gasteiger partial charge in [-0.2, -0.15) is 0 Å². The summed E-state index contributed by atoms with van der Waals surface area (Å²) in [5, 5.41) is 3.23. The molecule has 1 fully saturated rings. The predicted molar refractivity (Wildman–Crippen MR) is 79.8 cm³/mol. The van der Waals surface area contributed by atoms with E-state index in [0.717, 1.165) is 51.6 Å². The van der Waals surface area contributed by atoms with Crippen LogP contribution in [0.1, 0.15) is 32.6 Å². The molecule has 0 saturated heterocycles. The summed E-state index contributed by atoms with van der Waals surface area (Å²) in [6, 6.07) is -0.199. The first-order valence-electron chi connectivity index (χ1n) is 7.74. The molecule has 1 unspecified atom stereocenters. The van der Waals surface area contributed by atoms with E-state index in [1.165, 1.54) is 20.0 Å². The van der Waals surface area contributed by atoms with Crippen molar-refractivity contribution in [2.24, 2.45) is 5.92 Å². The number of ether oxygens (including phenoxy) is 2. The molecular weight excluding hydrogens is 256 g/mol. The summed E-state index contributed by atoms with van der Waals surface area (Å²) in [6.45, 7) is 6.39. The molecular formula is C15H30N2O3. The molecule has 0 aromatic carbocycles. The van der Waals surface area contributed by atoms with Gasteiger partial charge in [0.25, 0.3) is 0 Å². The van der Waals surface area contributed by atoms with Crippen molar-refractivity contribution >= 4 is 5.97 Å². The van der Waals surface area contributed by atoms with Crippen LogP contribution in [0.4, 0.5) is 0 Å². The van der Waals surface area contributed by atoms with E-state index < -0.39 is 0 Å². The van der Waals surface area contributed by atoms with Gasteiger partial charge in [-0.3, -0.25) is 4.79 Å². The van der Waals surface area contributed by atoms with Crippen LogP contribution in [0, 0.1) is 5.92 Å². The summed E-state index contributed by atoms with van der Waals surface area (Å²) in [6.07, 6.45) is 4.45. The lowest BCUT2D eigenvalue weighted by atomic mass is 10.2. The highest BCUT2D eigenvalue weighted by atomic mass is 16.5. The molecule has 0 amide bonds. The van der Waals surface area contributed by atoms with Gasteiger partial charge in [-0.15, -0.1) is 0 Å². The fraction of sp³-hybridized carbons (Fsp3) is 0.933. The zero-order chi connectivity index (χ0) is 14.8. The highest BCUT2D eigenvalue weighted by molar-refractivity contribution is 5.75. The van der Waals surface area contributed by atoms with Gasteiger partial charge in [0.05, 0.1) is 13.7 Å². The van der Waals surface area contributed by atoms with Crippen molar-refractivity contribution in [2.45, 2.75) is 38.6 Å². The van der Waals surface area contributed by atoms with Crippen molar-refractivity contribution in [3.8, 4) is 0 Å². The Morgan fingerprint density at radius 2 is 2.15 bits per heavy atom. The Bertz CT molecular complexity index is 270. The number of likely N-dealkylation sites (N-methyl/N-ethyl adjacent to an activating group) is 1. The molecule has 1 N–H and O–H groups in total. The molecule has 0 spiro atoms. The number of carbonyl (C=O) groups is 1. The zero-order valence-electron chi connectivity index (χ0n) is 13.2. The third-order valence-electron chi connectivity index (χ3n) is 3.59. The van der Waals surface area contributed by atoms with Crippen LogP contribution in [-0.2, 0) is 14.3 Å². The SMILES string of the molecule is CCCNC(CCN(C)CCOCC1CC1)C(=O)OC. The first-order chi connectivity index (χ1) is 9.67. The van der Waals surface area contributed by atoms with Crippen LogP contribution in [-0.4, -0.2) is 63.9 Å².